The highest BCUT2D eigenvalue weighted by atomic mass is 16.5. The van der Waals surface area contributed by atoms with Gasteiger partial charge in [-0.2, -0.15) is 0 Å². The third kappa shape index (κ3) is 3.85. The molecule has 4 nitrogen and oxygen atoms in total. The van der Waals surface area contributed by atoms with Crippen LogP contribution in [0.5, 0.6) is 0 Å². The number of hydrogen-bond acceptors (Lipinski definition) is 2. The molecule has 112 valence electrons. The maximum atomic E-state index is 12.3. The summed E-state index contributed by atoms with van der Waals surface area (Å²) in [4.78, 5) is 14.2. The molecule has 1 saturated heterocycles. The first-order chi connectivity index (χ1) is 10.3. The molecule has 1 heterocycles. The quantitative estimate of drug-likeness (QED) is 0.867. The maximum absolute atomic E-state index is 12.3. The standard InChI is InChI=1S/C17H22N2O2/c20-17(18-15-8-4-5-9-15)19-10-11-21-16(13-19)12-14-6-2-1-3-7-14/h1-7,15-16H,8-13H2,(H,18,20)/t16-/m0/s1. The Morgan fingerprint density at radius 3 is 2.76 bits per heavy atom. The van der Waals surface area contributed by atoms with Gasteiger partial charge in [0.1, 0.15) is 0 Å². The van der Waals surface area contributed by atoms with E-state index in [1.54, 1.807) is 0 Å². The van der Waals surface area contributed by atoms with Gasteiger partial charge in [-0.1, -0.05) is 42.5 Å². The van der Waals surface area contributed by atoms with Crippen LogP contribution in [-0.4, -0.2) is 42.8 Å². The molecule has 0 bridgehead atoms. The van der Waals surface area contributed by atoms with Crippen molar-refractivity contribution in [3.05, 3.63) is 48.0 Å². The van der Waals surface area contributed by atoms with Crippen LogP contribution in [0.4, 0.5) is 4.79 Å². The molecule has 21 heavy (non-hydrogen) atoms. The fourth-order valence-corrected chi connectivity index (χ4v) is 2.91. The second kappa shape index (κ2) is 6.76. The summed E-state index contributed by atoms with van der Waals surface area (Å²) in [7, 11) is 0. The number of nitrogens with zero attached hydrogens (tertiary/aromatic N) is 1. The van der Waals surface area contributed by atoms with Crippen LogP contribution in [0.2, 0.25) is 0 Å². The molecule has 1 atom stereocenters. The number of morpholine rings is 1. The number of nitrogens with one attached hydrogen (secondary N) is 1. The molecule has 0 radical (unpaired) electrons. The SMILES string of the molecule is O=C(NC1CC=CC1)N1CCO[C@@H](Cc2ccccc2)C1. The van der Waals surface area contributed by atoms with Crippen molar-refractivity contribution in [2.24, 2.45) is 0 Å². The first-order valence-corrected chi connectivity index (χ1v) is 7.67. The molecule has 1 aromatic carbocycles. The minimum absolute atomic E-state index is 0.0464. The number of hydrogen-bond donors (Lipinski definition) is 1. The van der Waals surface area contributed by atoms with Gasteiger partial charge in [0.05, 0.1) is 12.7 Å². The Balaban J connectivity index is 1.51. The minimum atomic E-state index is 0.0464. The third-order valence-corrected chi connectivity index (χ3v) is 4.07. The normalized spacial score (nSPS) is 22.5. The molecule has 3 rings (SSSR count). The summed E-state index contributed by atoms with van der Waals surface area (Å²) < 4.78 is 5.80. The van der Waals surface area contributed by atoms with E-state index >= 15 is 0 Å². The lowest BCUT2D eigenvalue weighted by Gasteiger charge is -2.33. The Morgan fingerprint density at radius 2 is 2.00 bits per heavy atom. The summed E-state index contributed by atoms with van der Waals surface area (Å²) in [5.41, 5.74) is 1.25. The molecule has 1 aromatic rings. The number of benzene rings is 1. The van der Waals surface area contributed by atoms with Gasteiger partial charge < -0.3 is 15.0 Å². The van der Waals surface area contributed by atoms with E-state index in [2.05, 4.69) is 29.6 Å². The first-order valence-electron chi connectivity index (χ1n) is 7.67. The molecule has 1 N–H and O–H groups in total. The van der Waals surface area contributed by atoms with Crippen LogP contribution in [0.25, 0.3) is 0 Å². The Hall–Kier alpha value is -1.81. The van der Waals surface area contributed by atoms with Crippen LogP contribution in [0, 0.1) is 0 Å². The molecule has 2 aliphatic rings. The van der Waals surface area contributed by atoms with E-state index in [9.17, 15) is 4.79 Å². The van der Waals surface area contributed by atoms with Gasteiger partial charge in [-0.05, 0) is 18.4 Å². The maximum Gasteiger partial charge on any atom is 0.317 e. The van der Waals surface area contributed by atoms with Crippen molar-refractivity contribution in [1.29, 1.82) is 0 Å². The number of urea groups is 1. The van der Waals surface area contributed by atoms with Crippen LogP contribution >= 0.6 is 0 Å². The van der Waals surface area contributed by atoms with E-state index in [1.807, 2.05) is 23.1 Å². The second-order valence-corrected chi connectivity index (χ2v) is 5.72. The molecule has 0 spiro atoms. The number of ether oxygens (including phenoxy) is 1. The van der Waals surface area contributed by atoms with Gasteiger partial charge in [-0.15, -0.1) is 0 Å². The summed E-state index contributed by atoms with van der Waals surface area (Å²) in [6.07, 6.45) is 7.10. The van der Waals surface area contributed by atoms with Crippen LogP contribution in [0.3, 0.4) is 0 Å². The smallest absolute Gasteiger partial charge is 0.317 e. The van der Waals surface area contributed by atoms with E-state index in [1.165, 1.54) is 5.56 Å². The monoisotopic (exact) mass is 286 g/mol. The van der Waals surface area contributed by atoms with E-state index in [0.717, 1.165) is 19.3 Å². The van der Waals surface area contributed by atoms with Crippen molar-refractivity contribution < 1.29 is 9.53 Å². The highest BCUT2D eigenvalue weighted by molar-refractivity contribution is 5.74. The van der Waals surface area contributed by atoms with Crippen molar-refractivity contribution >= 4 is 6.03 Å². The number of carbonyl (C=O) groups is 1. The average molecular weight is 286 g/mol. The molecule has 4 heteroatoms. The van der Waals surface area contributed by atoms with Crippen molar-refractivity contribution in [3.63, 3.8) is 0 Å². The molecule has 0 aromatic heterocycles. The predicted molar refractivity (Wildman–Crippen MR) is 82.2 cm³/mol. The van der Waals surface area contributed by atoms with Crippen molar-refractivity contribution in [2.75, 3.05) is 19.7 Å². The Labute approximate surface area is 125 Å². The topological polar surface area (TPSA) is 41.6 Å². The molecule has 0 saturated carbocycles. The molecule has 1 aliphatic heterocycles. The van der Waals surface area contributed by atoms with Crippen LogP contribution in [0.1, 0.15) is 18.4 Å². The van der Waals surface area contributed by atoms with Gasteiger partial charge in [-0.25, -0.2) is 4.79 Å². The molecule has 1 fully saturated rings. The molecular weight excluding hydrogens is 264 g/mol. The second-order valence-electron chi connectivity index (χ2n) is 5.72. The fourth-order valence-electron chi connectivity index (χ4n) is 2.91. The number of amides is 2. The van der Waals surface area contributed by atoms with Gasteiger partial charge in [0.2, 0.25) is 0 Å². The minimum Gasteiger partial charge on any atom is -0.374 e. The third-order valence-electron chi connectivity index (χ3n) is 4.07. The summed E-state index contributed by atoms with van der Waals surface area (Å²) in [5, 5.41) is 3.10. The van der Waals surface area contributed by atoms with E-state index in [0.29, 0.717) is 19.7 Å². The van der Waals surface area contributed by atoms with E-state index in [-0.39, 0.29) is 18.2 Å². The zero-order chi connectivity index (χ0) is 14.5. The Kier molecular flexibility index (Phi) is 4.55. The molecule has 0 unspecified atom stereocenters. The van der Waals surface area contributed by atoms with Gasteiger partial charge in [-0.3, -0.25) is 0 Å². The zero-order valence-corrected chi connectivity index (χ0v) is 12.2. The lowest BCUT2D eigenvalue weighted by Crippen LogP contribution is -2.51. The van der Waals surface area contributed by atoms with Crippen molar-refractivity contribution in [1.82, 2.24) is 10.2 Å². The van der Waals surface area contributed by atoms with Gasteiger partial charge >= 0.3 is 6.03 Å². The highest BCUT2D eigenvalue weighted by Gasteiger charge is 2.25. The van der Waals surface area contributed by atoms with Crippen molar-refractivity contribution in [2.45, 2.75) is 31.4 Å². The van der Waals surface area contributed by atoms with Crippen molar-refractivity contribution in [3.8, 4) is 0 Å². The zero-order valence-electron chi connectivity index (χ0n) is 12.2. The lowest BCUT2D eigenvalue weighted by atomic mass is 10.1. The summed E-state index contributed by atoms with van der Waals surface area (Å²) in [5.74, 6) is 0. The predicted octanol–water partition coefficient (Wildman–Crippen LogP) is 2.36. The number of rotatable bonds is 3. The van der Waals surface area contributed by atoms with Gasteiger partial charge in [0, 0.05) is 25.6 Å². The highest BCUT2D eigenvalue weighted by Crippen LogP contribution is 2.14. The molecule has 1 aliphatic carbocycles. The Bertz CT molecular complexity index is 493. The van der Waals surface area contributed by atoms with Crippen LogP contribution in [-0.2, 0) is 11.2 Å². The first kappa shape index (κ1) is 14.1. The molecule has 2 amide bonds. The average Bonchev–Trinajstić information content (AvgIpc) is 3.01. The van der Waals surface area contributed by atoms with Crippen LogP contribution in [0.15, 0.2) is 42.5 Å². The Morgan fingerprint density at radius 1 is 1.24 bits per heavy atom. The van der Waals surface area contributed by atoms with E-state index < -0.39 is 0 Å². The van der Waals surface area contributed by atoms with E-state index in [4.69, 9.17) is 4.74 Å². The largest absolute Gasteiger partial charge is 0.374 e. The molecular formula is C17H22N2O2. The lowest BCUT2D eigenvalue weighted by molar-refractivity contribution is -0.0135. The van der Waals surface area contributed by atoms with Crippen LogP contribution < -0.4 is 5.32 Å². The summed E-state index contributed by atoms with van der Waals surface area (Å²) >= 11 is 0. The van der Waals surface area contributed by atoms with Gasteiger partial charge in [0.15, 0.2) is 0 Å². The van der Waals surface area contributed by atoms with Gasteiger partial charge in [0.25, 0.3) is 0 Å². The number of carbonyl (C=O) groups excluding carboxylic acids is 1. The summed E-state index contributed by atoms with van der Waals surface area (Å²) in [6.45, 7) is 1.96. The fraction of sp³-hybridized carbons (Fsp3) is 0.471. The summed E-state index contributed by atoms with van der Waals surface area (Å²) in [6, 6.07) is 10.6.